The fourth-order valence-electron chi connectivity index (χ4n) is 4.27. The first-order chi connectivity index (χ1) is 12.8. The highest BCUT2D eigenvalue weighted by Gasteiger charge is 2.24. The molecular weight excluding hydrogens is 320 g/mol. The zero-order valence-corrected chi connectivity index (χ0v) is 15.7. The number of hydrogen-bond acceptors (Lipinski definition) is 4. The zero-order chi connectivity index (χ0) is 17.8. The van der Waals surface area contributed by atoms with Crippen molar-refractivity contribution in [1.29, 1.82) is 0 Å². The summed E-state index contributed by atoms with van der Waals surface area (Å²) < 4.78 is 0. The van der Waals surface area contributed by atoms with Crippen molar-refractivity contribution < 1.29 is 0 Å². The molecule has 2 N–H and O–H groups in total. The second-order valence-electron chi connectivity index (χ2n) is 7.50. The number of fused-ring (bicyclic) bond motifs is 1. The van der Waals surface area contributed by atoms with E-state index < -0.39 is 0 Å². The quantitative estimate of drug-likeness (QED) is 0.784. The topological polar surface area (TPSA) is 30.5 Å². The molecule has 0 aromatic heterocycles. The maximum atomic E-state index is 3.68. The number of anilines is 1. The van der Waals surface area contributed by atoms with E-state index in [-0.39, 0.29) is 0 Å². The largest absolute Gasteiger partial charge is 0.366 e. The van der Waals surface area contributed by atoms with Gasteiger partial charge in [0.2, 0.25) is 0 Å². The molecule has 4 heteroatoms. The van der Waals surface area contributed by atoms with Gasteiger partial charge in [0.25, 0.3) is 0 Å². The first-order valence-corrected chi connectivity index (χ1v) is 9.90. The van der Waals surface area contributed by atoms with Crippen molar-refractivity contribution in [1.82, 2.24) is 15.5 Å². The third-order valence-corrected chi connectivity index (χ3v) is 5.66. The molecule has 138 valence electrons. The van der Waals surface area contributed by atoms with Gasteiger partial charge in [-0.25, -0.2) is 0 Å². The van der Waals surface area contributed by atoms with Gasteiger partial charge in [-0.1, -0.05) is 42.5 Å². The highest BCUT2D eigenvalue weighted by atomic mass is 15.3. The average Bonchev–Trinajstić information content (AvgIpc) is 3.09. The van der Waals surface area contributed by atoms with E-state index in [0.29, 0.717) is 12.2 Å². The first-order valence-electron chi connectivity index (χ1n) is 9.90. The van der Waals surface area contributed by atoms with Crippen LogP contribution in [0.25, 0.3) is 0 Å². The number of para-hydroxylation sites is 1. The number of rotatable bonds is 6. The van der Waals surface area contributed by atoms with Crippen molar-refractivity contribution in [3.05, 3.63) is 65.7 Å². The van der Waals surface area contributed by atoms with Gasteiger partial charge in [-0.2, -0.15) is 0 Å². The number of benzene rings is 2. The first kappa shape index (κ1) is 17.5. The molecule has 2 heterocycles. The van der Waals surface area contributed by atoms with Crippen LogP contribution in [0.5, 0.6) is 0 Å². The Bertz CT molecular complexity index is 702. The van der Waals surface area contributed by atoms with E-state index >= 15 is 0 Å². The minimum atomic E-state index is 0.319. The van der Waals surface area contributed by atoms with E-state index in [9.17, 15) is 0 Å². The molecule has 4 nitrogen and oxygen atoms in total. The molecule has 0 aliphatic carbocycles. The maximum Gasteiger partial charge on any atom is 0.0841 e. The molecule has 2 unspecified atom stereocenters. The lowest BCUT2D eigenvalue weighted by molar-refractivity contribution is 0.224. The van der Waals surface area contributed by atoms with Crippen LogP contribution in [-0.4, -0.2) is 43.7 Å². The van der Waals surface area contributed by atoms with Gasteiger partial charge in [-0.05, 0) is 49.7 Å². The van der Waals surface area contributed by atoms with Crippen molar-refractivity contribution in [3.63, 3.8) is 0 Å². The predicted molar refractivity (Wildman–Crippen MR) is 108 cm³/mol. The van der Waals surface area contributed by atoms with Crippen LogP contribution in [0.4, 0.5) is 5.69 Å². The van der Waals surface area contributed by atoms with Crippen LogP contribution >= 0.6 is 0 Å². The molecule has 2 atom stereocenters. The third kappa shape index (κ3) is 3.93. The molecule has 0 bridgehead atoms. The lowest BCUT2D eigenvalue weighted by Gasteiger charge is -2.41. The van der Waals surface area contributed by atoms with Gasteiger partial charge >= 0.3 is 0 Å². The van der Waals surface area contributed by atoms with Gasteiger partial charge in [-0.15, -0.1) is 0 Å². The molecule has 2 aliphatic heterocycles. The summed E-state index contributed by atoms with van der Waals surface area (Å²) in [6, 6.07) is 20.1. The van der Waals surface area contributed by atoms with Crippen molar-refractivity contribution >= 4 is 5.69 Å². The number of nitrogens with one attached hydrogen (secondary N) is 2. The van der Waals surface area contributed by atoms with E-state index in [1.54, 1.807) is 0 Å². The van der Waals surface area contributed by atoms with Crippen LogP contribution in [-0.2, 0) is 6.54 Å². The molecule has 26 heavy (non-hydrogen) atoms. The standard InChI is InChI=1S/C22H30N4/c1-18-17-25(14-15-26(18)20-9-3-2-4-10-20)13-7-12-23-22-21-11-6-5-8-19(21)16-24-22/h2-6,8-11,18,22-24H,7,12-17H2,1H3. The molecule has 1 fully saturated rings. The number of nitrogens with zero attached hydrogens (tertiary/aromatic N) is 2. The third-order valence-electron chi connectivity index (χ3n) is 5.66. The molecule has 2 aliphatic rings. The SMILES string of the molecule is CC1CN(CCCNC2NCc3ccccc32)CCN1c1ccccc1. The normalized spacial score (nSPS) is 23.2. The van der Waals surface area contributed by atoms with Crippen LogP contribution in [0.2, 0.25) is 0 Å². The second-order valence-corrected chi connectivity index (χ2v) is 7.50. The number of hydrogen-bond donors (Lipinski definition) is 2. The van der Waals surface area contributed by atoms with Gasteiger partial charge in [0.05, 0.1) is 6.17 Å². The minimum Gasteiger partial charge on any atom is -0.366 e. The summed E-state index contributed by atoms with van der Waals surface area (Å²) in [5, 5.41) is 7.24. The molecule has 1 saturated heterocycles. The Morgan fingerprint density at radius 1 is 1.04 bits per heavy atom. The highest BCUT2D eigenvalue weighted by molar-refractivity contribution is 5.47. The van der Waals surface area contributed by atoms with Gasteiger partial charge in [0, 0.05) is 37.9 Å². The van der Waals surface area contributed by atoms with Crippen molar-refractivity contribution in [3.8, 4) is 0 Å². The van der Waals surface area contributed by atoms with Crippen LogP contribution in [0.1, 0.15) is 30.6 Å². The molecular formula is C22H30N4. The Morgan fingerprint density at radius 3 is 2.69 bits per heavy atom. The summed E-state index contributed by atoms with van der Waals surface area (Å²) in [6.07, 6.45) is 1.51. The van der Waals surface area contributed by atoms with Gasteiger partial charge < -0.3 is 4.90 Å². The fraction of sp³-hybridized carbons (Fsp3) is 0.455. The van der Waals surface area contributed by atoms with Crippen LogP contribution < -0.4 is 15.5 Å². The summed E-state index contributed by atoms with van der Waals surface area (Å²) in [7, 11) is 0. The molecule has 0 radical (unpaired) electrons. The molecule has 0 saturated carbocycles. The van der Waals surface area contributed by atoms with E-state index in [4.69, 9.17) is 0 Å². The lowest BCUT2D eigenvalue weighted by Crippen LogP contribution is -2.52. The minimum absolute atomic E-state index is 0.319. The summed E-state index contributed by atoms with van der Waals surface area (Å²) in [5.41, 5.74) is 4.20. The Labute approximate surface area is 157 Å². The fourth-order valence-corrected chi connectivity index (χ4v) is 4.27. The summed E-state index contributed by atoms with van der Waals surface area (Å²) in [4.78, 5) is 5.15. The molecule has 0 amide bonds. The average molecular weight is 351 g/mol. The van der Waals surface area contributed by atoms with Crippen LogP contribution in [0, 0.1) is 0 Å². The Kier molecular flexibility index (Phi) is 5.54. The Morgan fingerprint density at radius 2 is 1.85 bits per heavy atom. The monoisotopic (exact) mass is 350 g/mol. The lowest BCUT2D eigenvalue weighted by atomic mass is 10.1. The molecule has 4 rings (SSSR count). The van der Waals surface area contributed by atoms with Gasteiger partial charge in [0.15, 0.2) is 0 Å². The van der Waals surface area contributed by atoms with E-state index in [0.717, 1.165) is 32.7 Å². The Hall–Kier alpha value is -1.88. The van der Waals surface area contributed by atoms with Crippen molar-refractivity contribution in [2.24, 2.45) is 0 Å². The highest BCUT2D eigenvalue weighted by Crippen LogP contribution is 2.23. The van der Waals surface area contributed by atoms with E-state index in [2.05, 4.69) is 82.0 Å². The Balaban J connectivity index is 1.20. The molecule has 2 aromatic rings. The molecule has 0 spiro atoms. The van der Waals surface area contributed by atoms with E-state index in [1.165, 1.54) is 29.8 Å². The van der Waals surface area contributed by atoms with Crippen LogP contribution in [0.3, 0.4) is 0 Å². The predicted octanol–water partition coefficient (Wildman–Crippen LogP) is 2.98. The van der Waals surface area contributed by atoms with Gasteiger partial charge in [0.1, 0.15) is 0 Å². The zero-order valence-electron chi connectivity index (χ0n) is 15.7. The summed E-state index contributed by atoms with van der Waals surface area (Å²) in [5.74, 6) is 0. The maximum absolute atomic E-state index is 3.68. The second kappa shape index (κ2) is 8.21. The van der Waals surface area contributed by atoms with Crippen molar-refractivity contribution in [2.45, 2.75) is 32.1 Å². The number of piperazine rings is 1. The van der Waals surface area contributed by atoms with E-state index in [1.807, 2.05) is 0 Å². The van der Waals surface area contributed by atoms with Crippen LogP contribution in [0.15, 0.2) is 54.6 Å². The van der Waals surface area contributed by atoms with Gasteiger partial charge in [-0.3, -0.25) is 15.5 Å². The summed E-state index contributed by atoms with van der Waals surface area (Å²) >= 11 is 0. The smallest absolute Gasteiger partial charge is 0.0841 e. The van der Waals surface area contributed by atoms with Crippen molar-refractivity contribution in [2.75, 3.05) is 37.6 Å². The molecule has 2 aromatic carbocycles. The summed E-state index contributed by atoms with van der Waals surface area (Å²) in [6.45, 7) is 8.98.